The van der Waals surface area contributed by atoms with Crippen LogP contribution in [0.2, 0.25) is 15.1 Å². The summed E-state index contributed by atoms with van der Waals surface area (Å²) in [5.74, 6) is 0.221. The Labute approximate surface area is 373 Å². The summed E-state index contributed by atoms with van der Waals surface area (Å²) in [6.07, 6.45) is 6.12. The van der Waals surface area contributed by atoms with Gasteiger partial charge in [-0.25, -0.2) is 0 Å². The number of aliphatic hydroxyl groups is 1. The molecule has 12 nitrogen and oxygen atoms in total. The predicted octanol–water partition coefficient (Wildman–Crippen LogP) is 9.71. The summed E-state index contributed by atoms with van der Waals surface area (Å²) < 4.78 is 24.7. The molecule has 0 aliphatic carbocycles. The number of ether oxygens (including phenoxy) is 4. The molecule has 0 saturated carbocycles. The molecule has 0 spiro atoms. The fourth-order valence-electron chi connectivity index (χ4n) is 6.33. The minimum atomic E-state index is -1.62. The Morgan fingerprint density at radius 3 is 1.58 bits per heavy atom. The summed E-state index contributed by atoms with van der Waals surface area (Å²) in [7, 11) is 0. The highest BCUT2D eigenvalue weighted by molar-refractivity contribution is 6.36. The molecular weight excluding hydrogens is 853 g/mol. The van der Waals surface area contributed by atoms with Gasteiger partial charge in [0.25, 0.3) is 0 Å². The number of halogens is 3. The molecule has 3 N–H and O–H groups in total. The van der Waals surface area contributed by atoms with E-state index in [9.17, 15) is 25.5 Å². The number of carboxylic acids is 1. The molecule has 0 aliphatic heterocycles. The van der Waals surface area contributed by atoms with Gasteiger partial charge in [0.05, 0.1) is 32.8 Å². The van der Waals surface area contributed by atoms with E-state index >= 15 is 0 Å². The highest BCUT2D eigenvalue weighted by Crippen LogP contribution is 2.38. The second-order valence-electron chi connectivity index (χ2n) is 14.5. The summed E-state index contributed by atoms with van der Waals surface area (Å²) in [4.78, 5) is 20.0. The topological polar surface area (TPSA) is 180 Å². The third-order valence-corrected chi connectivity index (χ3v) is 11.0. The molecule has 0 saturated heterocycles. The maximum absolute atomic E-state index is 11.9. The Bertz CT molecular complexity index is 2700. The van der Waals surface area contributed by atoms with E-state index in [0.717, 1.165) is 33.4 Å². The van der Waals surface area contributed by atoms with E-state index < -0.39 is 18.1 Å². The molecule has 6 aromatic rings. The first-order valence-corrected chi connectivity index (χ1v) is 20.2. The zero-order valence-corrected chi connectivity index (χ0v) is 36.1. The van der Waals surface area contributed by atoms with Crippen LogP contribution in [0.4, 0.5) is 0 Å². The Balaban J connectivity index is 1.19. The van der Waals surface area contributed by atoms with Gasteiger partial charge in [-0.05, 0) is 78.4 Å². The number of nitrogens with zero attached hydrogens (tertiary/aromatic N) is 4. The maximum Gasteiger partial charge on any atom is 0.326 e. The van der Waals surface area contributed by atoms with Crippen LogP contribution < -0.4 is 24.3 Å². The quantitative estimate of drug-likeness (QED) is 0.0745. The van der Waals surface area contributed by atoms with Crippen LogP contribution in [0.5, 0.6) is 23.0 Å². The van der Waals surface area contributed by atoms with E-state index in [2.05, 4.69) is 27.4 Å². The van der Waals surface area contributed by atoms with Crippen LogP contribution in [0.25, 0.3) is 11.1 Å². The number of aromatic nitrogens is 2. The van der Waals surface area contributed by atoms with Crippen molar-refractivity contribution in [2.24, 2.45) is 0 Å². The second-order valence-corrected chi connectivity index (χ2v) is 15.7. The first-order valence-electron chi connectivity index (χ1n) is 19.1. The minimum Gasteiger partial charge on any atom is -0.488 e. The van der Waals surface area contributed by atoms with Gasteiger partial charge in [0.1, 0.15) is 67.1 Å². The molecule has 0 radical (unpaired) electrons. The van der Waals surface area contributed by atoms with Crippen molar-refractivity contribution in [3.8, 4) is 46.3 Å². The molecular formula is C47H40Cl3N5O7. The highest BCUT2D eigenvalue weighted by atomic mass is 35.5. The number of carbonyl (C=O) groups is 1. The second kappa shape index (κ2) is 20.5. The van der Waals surface area contributed by atoms with Crippen LogP contribution in [0.15, 0.2) is 97.6 Å². The number of nitrogens with one attached hydrogen (secondary N) is 1. The number of aliphatic carboxylic acids is 1. The Morgan fingerprint density at radius 2 is 1.11 bits per heavy atom. The molecule has 0 bridgehead atoms. The van der Waals surface area contributed by atoms with Crippen molar-refractivity contribution in [1.82, 2.24) is 15.3 Å². The molecule has 1 atom stereocenters. The first kappa shape index (κ1) is 45.2. The SMILES string of the molecule is Cc1c(COc2cc(OCc3cncc(C#N)c3)c(Cl)cc2Cl)cccc1-c1cccc(COc2cc(OCc3cncc(C#N)c3)c(CN[C@@](C)(CO)C(=O)O)cc2Cl)c1C. The van der Waals surface area contributed by atoms with Gasteiger partial charge >= 0.3 is 5.97 Å². The lowest BCUT2D eigenvalue weighted by molar-refractivity contribution is -0.145. The summed E-state index contributed by atoms with van der Waals surface area (Å²) in [6, 6.07) is 25.9. The van der Waals surface area contributed by atoms with Crippen LogP contribution >= 0.6 is 34.8 Å². The average molecular weight is 893 g/mol. The molecule has 0 unspecified atom stereocenters. The van der Waals surface area contributed by atoms with Gasteiger partial charge in [-0.1, -0.05) is 71.2 Å². The van der Waals surface area contributed by atoms with Crippen molar-refractivity contribution < 1.29 is 34.0 Å². The molecule has 6 rings (SSSR count). The van der Waals surface area contributed by atoms with Gasteiger partial charge in [-0.15, -0.1) is 0 Å². The third-order valence-electron chi connectivity index (χ3n) is 10.1. The number of hydrogen-bond acceptors (Lipinski definition) is 11. The van der Waals surface area contributed by atoms with E-state index in [1.165, 1.54) is 19.3 Å². The molecule has 0 amide bonds. The van der Waals surface area contributed by atoms with Gasteiger partial charge in [0.2, 0.25) is 0 Å². The molecule has 2 heterocycles. The van der Waals surface area contributed by atoms with Crippen molar-refractivity contribution in [2.75, 3.05) is 6.61 Å². The number of carboxylic acid groups (broad SMARTS) is 1. The van der Waals surface area contributed by atoms with Crippen LogP contribution in [-0.2, 0) is 37.8 Å². The highest BCUT2D eigenvalue weighted by Gasteiger charge is 2.32. The predicted molar refractivity (Wildman–Crippen MR) is 234 cm³/mol. The summed E-state index contributed by atoms with van der Waals surface area (Å²) >= 11 is 19.8. The number of hydrogen-bond donors (Lipinski definition) is 3. The van der Waals surface area contributed by atoms with E-state index in [0.29, 0.717) is 60.9 Å². The van der Waals surface area contributed by atoms with Crippen LogP contribution in [-0.4, -0.2) is 38.3 Å². The fraction of sp³-hybridized carbons (Fsp3) is 0.213. The Kier molecular flexibility index (Phi) is 14.9. The maximum atomic E-state index is 11.9. The Morgan fingerprint density at radius 1 is 0.661 bits per heavy atom. The monoisotopic (exact) mass is 891 g/mol. The normalized spacial score (nSPS) is 11.8. The molecule has 62 heavy (non-hydrogen) atoms. The van der Waals surface area contributed by atoms with Gasteiger partial charge in [-0.2, -0.15) is 10.5 Å². The molecule has 0 aliphatic rings. The number of benzene rings is 4. The molecule has 15 heteroatoms. The van der Waals surface area contributed by atoms with Crippen molar-refractivity contribution in [1.29, 1.82) is 10.5 Å². The summed E-state index contributed by atoms with van der Waals surface area (Å²) in [5, 5.41) is 41.8. The number of pyridine rings is 2. The lowest BCUT2D eigenvalue weighted by Gasteiger charge is -2.25. The molecule has 0 fully saturated rings. The van der Waals surface area contributed by atoms with Crippen LogP contribution in [0, 0.1) is 36.5 Å². The van der Waals surface area contributed by atoms with Crippen molar-refractivity contribution >= 4 is 40.8 Å². The molecule has 316 valence electrons. The van der Waals surface area contributed by atoms with Crippen molar-refractivity contribution in [3.63, 3.8) is 0 Å². The van der Waals surface area contributed by atoms with Gasteiger partial charge in [-0.3, -0.25) is 20.1 Å². The number of aliphatic hydroxyl groups excluding tert-OH is 1. The third kappa shape index (κ3) is 10.9. The van der Waals surface area contributed by atoms with Crippen LogP contribution in [0.3, 0.4) is 0 Å². The average Bonchev–Trinajstić information content (AvgIpc) is 3.27. The minimum absolute atomic E-state index is 0.000452. The van der Waals surface area contributed by atoms with Gasteiger partial charge in [0, 0.05) is 60.2 Å². The van der Waals surface area contributed by atoms with E-state index in [1.807, 2.05) is 50.2 Å². The molecule has 4 aromatic carbocycles. The zero-order chi connectivity index (χ0) is 44.4. The van der Waals surface area contributed by atoms with E-state index in [1.54, 1.807) is 48.8 Å². The van der Waals surface area contributed by atoms with Gasteiger partial charge in [0.15, 0.2) is 0 Å². The zero-order valence-electron chi connectivity index (χ0n) is 33.8. The van der Waals surface area contributed by atoms with Gasteiger partial charge < -0.3 is 29.2 Å². The fourth-order valence-corrected chi connectivity index (χ4v) is 7.07. The smallest absolute Gasteiger partial charge is 0.326 e. The van der Waals surface area contributed by atoms with Crippen molar-refractivity contribution in [2.45, 2.75) is 59.3 Å². The lowest BCUT2D eigenvalue weighted by atomic mass is 9.92. The van der Waals surface area contributed by atoms with E-state index in [-0.39, 0.29) is 38.0 Å². The molecule has 2 aromatic heterocycles. The largest absolute Gasteiger partial charge is 0.488 e. The standard InChI is InChI=1S/C47H40Cl3N5O7/c1-28-34(25-61-43-14-42(59-23-32-10-30(16-51)18-53-20-32)36(12-39(43)48)22-55-47(3,27-56)46(57)58)6-4-8-37(28)38-9-5-7-35(29(38)2)26-62-45-15-44(40(49)13-41(45)50)60-24-33-11-31(17-52)19-54-21-33/h4-15,18-21,55-56H,22-27H2,1-3H3,(H,57,58)/t47-/m0/s1. The summed E-state index contributed by atoms with van der Waals surface area (Å²) in [6.45, 7) is 5.34. The first-order chi connectivity index (χ1) is 29.8. The number of nitriles is 2. The Hall–Kier alpha value is -6.38. The van der Waals surface area contributed by atoms with Crippen molar-refractivity contribution in [3.05, 3.63) is 163 Å². The number of rotatable bonds is 18. The lowest BCUT2D eigenvalue weighted by Crippen LogP contribution is -2.52. The van der Waals surface area contributed by atoms with Crippen LogP contribution in [0.1, 0.15) is 57.0 Å². The summed E-state index contributed by atoms with van der Waals surface area (Å²) in [5.41, 5.74) is 6.89. The van der Waals surface area contributed by atoms with E-state index in [4.69, 9.17) is 53.8 Å².